The van der Waals surface area contributed by atoms with E-state index in [1.54, 1.807) is 0 Å². The van der Waals surface area contributed by atoms with Gasteiger partial charge in [-0.1, -0.05) is 34.1 Å². The van der Waals surface area contributed by atoms with Crippen LogP contribution in [0.3, 0.4) is 0 Å². The van der Waals surface area contributed by atoms with E-state index in [0.717, 1.165) is 23.7 Å². The van der Waals surface area contributed by atoms with Crippen molar-refractivity contribution in [3.63, 3.8) is 0 Å². The first-order valence-electron chi connectivity index (χ1n) is 5.11. The van der Waals surface area contributed by atoms with Crippen molar-refractivity contribution in [1.82, 2.24) is 0 Å². The van der Waals surface area contributed by atoms with Gasteiger partial charge in [0.2, 0.25) is 0 Å². The first-order chi connectivity index (χ1) is 5.11. The van der Waals surface area contributed by atoms with E-state index in [0.29, 0.717) is 0 Å². The molecule has 1 fully saturated rings. The van der Waals surface area contributed by atoms with Crippen molar-refractivity contribution >= 4 is 0 Å². The van der Waals surface area contributed by atoms with Gasteiger partial charge in [-0.25, -0.2) is 0 Å². The predicted octanol–water partition coefficient (Wildman–Crippen LogP) is 3.71. The zero-order chi connectivity index (χ0) is 8.43. The minimum absolute atomic E-state index is 0.879. The van der Waals surface area contributed by atoms with Gasteiger partial charge in [0.15, 0.2) is 0 Å². The minimum atomic E-state index is 0.879. The van der Waals surface area contributed by atoms with E-state index in [1.165, 1.54) is 19.3 Å². The molecule has 0 radical (unpaired) electrons. The molecule has 0 N–H and O–H groups in total. The van der Waals surface area contributed by atoms with Crippen LogP contribution in [0.5, 0.6) is 0 Å². The molecule has 0 aromatic rings. The van der Waals surface area contributed by atoms with E-state index < -0.39 is 0 Å². The van der Waals surface area contributed by atoms with Crippen LogP contribution in [-0.2, 0) is 0 Å². The Labute approximate surface area is 71.4 Å². The Balaban J connectivity index is 2.03. The van der Waals surface area contributed by atoms with Gasteiger partial charge >= 0.3 is 0 Å². The van der Waals surface area contributed by atoms with Crippen LogP contribution in [-0.4, -0.2) is 0 Å². The van der Waals surface area contributed by atoms with Gasteiger partial charge in [0.25, 0.3) is 0 Å². The topological polar surface area (TPSA) is 0 Å². The molecule has 1 rings (SSSR count). The molecule has 0 nitrogen and oxygen atoms in total. The molecule has 11 heavy (non-hydrogen) atoms. The Morgan fingerprint density at radius 2 is 1.82 bits per heavy atom. The molecule has 0 bridgehead atoms. The fourth-order valence-electron chi connectivity index (χ4n) is 1.61. The second-order valence-corrected chi connectivity index (χ2v) is 4.77. The van der Waals surface area contributed by atoms with E-state index in [9.17, 15) is 0 Å². The van der Waals surface area contributed by atoms with E-state index in [-0.39, 0.29) is 0 Å². The highest BCUT2D eigenvalue weighted by molar-refractivity contribution is 4.82. The second-order valence-electron chi connectivity index (χ2n) is 4.77. The first kappa shape index (κ1) is 9.09. The fourth-order valence-corrected chi connectivity index (χ4v) is 1.61. The van der Waals surface area contributed by atoms with Gasteiger partial charge in [0.05, 0.1) is 0 Å². The molecule has 1 aliphatic carbocycles. The molecule has 0 saturated heterocycles. The molecule has 0 aromatic carbocycles. The summed E-state index contributed by atoms with van der Waals surface area (Å²) in [5.74, 6) is 3.96. The molecule has 0 amide bonds. The number of hydrogen-bond donors (Lipinski definition) is 0. The van der Waals surface area contributed by atoms with E-state index in [1.807, 2.05) is 0 Å². The van der Waals surface area contributed by atoms with Crippen molar-refractivity contribution in [2.45, 2.75) is 47.0 Å². The van der Waals surface area contributed by atoms with Gasteiger partial charge in [-0.2, -0.15) is 0 Å². The van der Waals surface area contributed by atoms with Crippen LogP contribution in [0.4, 0.5) is 0 Å². The summed E-state index contributed by atoms with van der Waals surface area (Å²) in [5.41, 5.74) is 0. The van der Waals surface area contributed by atoms with Crippen LogP contribution in [0, 0.1) is 23.7 Å². The molecular formula is C11H22. The molecule has 0 aliphatic heterocycles. The van der Waals surface area contributed by atoms with Crippen LogP contribution >= 0.6 is 0 Å². The predicted molar refractivity (Wildman–Crippen MR) is 50.5 cm³/mol. The van der Waals surface area contributed by atoms with Crippen LogP contribution < -0.4 is 0 Å². The fraction of sp³-hybridized carbons (Fsp3) is 1.00. The minimum Gasteiger partial charge on any atom is -0.0625 e. The van der Waals surface area contributed by atoms with E-state index in [4.69, 9.17) is 0 Å². The lowest BCUT2D eigenvalue weighted by molar-refractivity contribution is 0.370. The average molecular weight is 154 g/mol. The summed E-state index contributed by atoms with van der Waals surface area (Å²) < 4.78 is 0. The summed E-state index contributed by atoms with van der Waals surface area (Å²) in [5, 5.41) is 0. The molecule has 1 aliphatic rings. The van der Waals surface area contributed by atoms with Gasteiger partial charge in [-0.3, -0.25) is 0 Å². The van der Waals surface area contributed by atoms with Crippen molar-refractivity contribution in [3.8, 4) is 0 Å². The smallest absolute Gasteiger partial charge is 0.0386 e. The molecule has 1 saturated carbocycles. The molecule has 3 unspecified atom stereocenters. The lowest BCUT2D eigenvalue weighted by atomic mass is 9.92. The van der Waals surface area contributed by atoms with Crippen molar-refractivity contribution < 1.29 is 0 Å². The Kier molecular flexibility index (Phi) is 2.98. The third kappa shape index (κ3) is 2.84. The van der Waals surface area contributed by atoms with E-state index >= 15 is 0 Å². The van der Waals surface area contributed by atoms with E-state index in [2.05, 4.69) is 27.7 Å². The summed E-state index contributed by atoms with van der Waals surface area (Å²) in [6.45, 7) is 9.43. The maximum atomic E-state index is 2.39. The summed E-state index contributed by atoms with van der Waals surface area (Å²) in [6, 6.07) is 0. The van der Waals surface area contributed by atoms with Crippen molar-refractivity contribution in [2.75, 3.05) is 0 Å². The van der Waals surface area contributed by atoms with Gasteiger partial charge < -0.3 is 0 Å². The van der Waals surface area contributed by atoms with Crippen molar-refractivity contribution in [3.05, 3.63) is 0 Å². The highest BCUT2D eigenvalue weighted by atomic mass is 14.4. The van der Waals surface area contributed by atoms with Crippen LogP contribution in [0.15, 0.2) is 0 Å². The molecule has 0 heteroatoms. The number of rotatable bonds is 4. The first-order valence-corrected chi connectivity index (χ1v) is 5.11. The quantitative estimate of drug-likeness (QED) is 0.579. The van der Waals surface area contributed by atoms with Gasteiger partial charge in [0.1, 0.15) is 0 Å². The monoisotopic (exact) mass is 154 g/mol. The Morgan fingerprint density at radius 1 is 1.27 bits per heavy atom. The summed E-state index contributed by atoms with van der Waals surface area (Å²) >= 11 is 0. The zero-order valence-electron chi connectivity index (χ0n) is 8.43. The molecule has 0 heterocycles. The summed E-state index contributed by atoms with van der Waals surface area (Å²) in [7, 11) is 0. The molecule has 0 spiro atoms. The average Bonchev–Trinajstić information content (AvgIpc) is 2.61. The highest BCUT2D eigenvalue weighted by Gasteiger charge is 2.31. The normalized spacial score (nSPS) is 32.5. The maximum absolute atomic E-state index is 2.39. The second kappa shape index (κ2) is 3.60. The third-order valence-electron chi connectivity index (χ3n) is 3.41. The Hall–Kier alpha value is 0. The van der Waals surface area contributed by atoms with Crippen molar-refractivity contribution in [1.29, 1.82) is 0 Å². The van der Waals surface area contributed by atoms with Crippen LogP contribution in [0.2, 0.25) is 0 Å². The third-order valence-corrected chi connectivity index (χ3v) is 3.41. The van der Waals surface area contributed by atoms with Gasteiger partial charge in [-0.15, -0.1) is 0 Å². The lowest BCUT2D eigenvalue weighted by Crippen LogP contribution is -2.03. The highest BCUT2D eigenvalue weighted by Crippen LogP contribution is 2.42. The zero-order valence-corrected chi connectivity index (χ0v) is 8.43. The standard InChI is InChI=1S/C11H22/c1-8(2)9(3)5-6-11-7-10(11)4/h8-11H,5-7H2,1-4H3. The molecule has 3 atom stereocenters. The van der Waals surface area contributed by atoms with Gasteiger partial charge in [-0.05, 0) is 36.5 Å². The Bertz CT molecular complexity index is 115. The van der Waals surface area contributed by atoms with Gasteiger partial charge in [0, 0.05) is 0 Å². The van der Waals surface area contributed by atoms with Crippen LogP contribution in [0.25, 0.3) is 0 Å². The summed E-state index contributed by atoms with van der Waals surface area (Å²) in [4.78, 5) is 0. The summed E-state index contributed by atoms with van der Waals surface area (Å²) in [6.07, 6.45) is 4.44. The number of hydrogen-bond acceptors (Lipinski definition) is 0. The SMILES string of the molecule is CC(C)C(C)CCC1CC1C. The largest absolute Gasteiger partial charge is 0.0625 e. The molecule has 66 valence electrons. The molecule has 0 aromatic heterocycles. The Morgan fingerprint density at radius 3 is 2.18 bits per heavy atom. The molecular weight excluding hydrogens is 132 g/mol. The lowest BCUT2D eigenvalue weighted by Gasteiger charge is -2.14. The van der Waals surface area contributed by atoms with Crippen molar-refractivity contribution in [2.24, 2.45) is 23.7 Å². The van der Waals surface area contributed by atoms with Crippen LogP contribution in [0.1, 0.15) is 47.0 Å². The maximum Gasteiger partial charge on any atom is -0.0386 e.